The number of thiophene rings is 1. The molecule has 0 aliphatic rings. The van der Waals surface area contributed by atoms with Crippen molar-refractivity contribution in [1.29, 1.82) is 0 Å². The summed E-state index contributed by atoms with van der Waals surface area (Å²) < 4.78 is 3.35. The highest BCUT2D eigenvalue weighted by Crippen LogP contribution is 2.33. The predicted molar refractivity (Wildman–Crippen MR) is 145 cm³/mol. The quantitative estimate of drug-likeness (QED) is 0.307. The van der Waals surface area contributed by atoms with E-state index in [9.17, 15) is 9.59 Å². The summed E-state index contributed by atoms with van der Waals surface area (Å²) in [5.41, 5.74) is 1.87. The van der Waals surface area contributed by atoms with E-state index >= 15 is 0 Å². The van der Waals surface area contributed by atoms with Crippen molar-refractivity contribution < 1.29 is 4.79 Å². The van der Waals surface area contributed by atoms with Gasteiger partial charge in [-0.25, -0.2) is 4.68 Å². The second-order valence-corrected chi connectivity index (χ2v) is 10.3. The average molecular weight is 491 g/mol. The Hall–Kier alpha value is -3.03. The monoisotopic (exact) mass is 490 g/mol. The lowest BCUT2D eigenvalue weighted by atomic mass is 10.1. The molecule has 0 aliphatic heterocycles. The largest absolute Gasteiger partial charge is 0.354 e. The molecule has 0 radical (unpaired) electrons. The fourth-order valence-electron chi connectivity index (χ4n) is 4.51. The van der Waals surface area contributed by atoms with Crippen molar-refractivity contribution in [3.8, 4) is 0 Å². The Labute approximate surface area is 210 Å². The molecular weight excluding hydrogens is 456 g/mol. The Kier molecular flexibility index (Phi) is 7.98. The Morgan fingerprint density at radius 3 is 2.54 bits per heavy atom. The third-order valence-corrected chi connectivity index (χ3v) is 7.75. The van der Waals surface area contributed by atoms with Crippen LogP contribution in [0, 0.1) is 6.92 Å². The summed E-state index contributed by atoms with van der Waals surface area (Å²) in [6.45, 7) is 10.5. The van der Waals surface area contributed by atoms with E-state index in [1.165, 1.54) is 10.2 Å². The molecule has 35 heavy (non-hydrogen) atoms. The molecule has 1 amide bonds. The second-order valence-electron chi connectivity index (χ2n) is 9.26. The summed E-state index contributed by atoms with van der Waals surface area (Å²) in [4.78, 5) is 29.0. The van der Waals surface area contributed by atoms with Gasteiger partial charge in [-0.05, 0) is 45.2 Å². The number of benzene rings is 2. The highest BCUT2D eigenvalue weighted by atomic mass is 32.1. The summed E-state index contributed by atoms with van der Waals surface area (Å²) in [6, 6.07) is 18.1. The molecule has 1 N–H and O–H groups in total. The Balaban J connectivity index is 1.45. The first-order valence-electron chi connectivity index (χ1n) is 12.4. The van der Waals surface area contributed by atoms with E-state index in [1.807, 2.05) is 44.2 Å². The van der Waals surface area contributed by atoms with Gasteiger partial charge in [0.05, 0.1) is 15.8 Å². The van der Waals surface area contributed by atoms with Crippen molar-refractivity contribution in [3.63, 3.8) is 0 Å². The minimum Gasteiger partial charge on any atom is -0.354 e. The fraction of sp³-hybridized carbons (Fsp3) is 0.393. The van der Waals surface area contributed by atoms with E-state index in [4.69, 9.17) is 0 Å². The van der Waals surface area contributed by atoms with Crippen molar-refractivity contribution >= 4 is 37.4 Å². The normalized spacial score (nSPS) is 12.6. The molecular formula is C28H34N4O2S. The highest BCUT2D eigenvalue weighted by molar-refractivity contribution is 7.26. The van der Waals surface area contributed by atoms with E-state index in [0.29, 0.717) is 24.4 Å². The van der Waals surface area contributed by atoms with Gasteiger partial charge in [0.25, 0.3) is 5.56 Å². The summed E-state index contributed by atoms with van der Waals surface area (Å²) in [5, 5.41) is 9.21. The van der Waals surface area contributed by atoms with Crippen LogP contribution in [0.25, 0.3) is 20.2 Å². The van der Waals surface area contributed by atoms with Gasteiger partial charge in [0, 0.05) is 35.8 Å². The standard InChI is InChI=1S/C28H34N4O2S/c1-5-23(27(33)29-16-11-17-31(19(2)3)18-21-12-7-6-8-13-21)32-28(34)25-22-14-9-10-15-24(22)35-26(25)20(4)30-32/h6-10,12-15,19,23H,5,11,16-18H2,1-4H3,(H,29,33). The zero-order valence-corrected chi connectivity index (χ0v) is 21.8. The number of aromatic nitrogens is 2. The molecule has 4 rings (SSSR count). The number of hydrogen-bond donors (Lipinski definition) is 1. The lowest BCUT2D eigenvalue weighted by Crippen LogP contribution is -2.40. The highest BCUT2D eigenvalue weighted by Gasteiger charge is 2.24. The number of nitrogens with one attached hydrogen (secondary N) is 1. The lowest BCUT2D eigenvalue weighted by molar-refractivity contribution is -0.124. The molecule has 0 saturated carbocycles. The van der Waals surface area contributed by atoms with E-state index in [2.05, 4.69) is 53.4 Å². The molecule has 4 aromatic rings. The summed E-state index contributed by atoms with van der Waals surface area (Å²) >= 11 is 1.58. The number of aryl methyl sites for hydroxylation is 1. The molecule has 2 aromatic carbocycles. The van der Waals surface area contributed by atoms with Gasteiger partial charge in [0.1, 0.15) is 6.04 Å². The first-order valence-corrected chi connectivity index (χ1v) is 13.2. The van der Waals surface area contributed by atoms with E-state index in [0.717, 1.165) is 40.0 Å². The van der Waals surface area contributed by atoms with Crippen LogP contribution >= 0.6 is 11.3 Å². The topological polar surface area (TPSA) is 67.2 Å². The van der Waals surface area contributed by atoms with E-state index in [-0.39, 0.29) is 11.5 Å². The molecule has 7 heteroatoms. The predicted octanol–water partition coefficient (Wildman–Crippen LogP) is 5.29. The molecule has 0 bridgehead atoms. The zero-order valence-electron chi connectivity index (χ0n) is 21.0. The van der Waals surface area contributed by atoms with E-state index in [1.54, 1.807) is 11.3 Å². The number of rotatable bonds is 10. The molecule has 184 valence electrons. The molecule has 6 nitrogen and oxygen atoms in total. The number of amides is 1. The van der Waals surface area contributed by atoms with Gasteiger partial charge in [-0.2, -0.15) is 5.10 Å². The van der Waals surface area contributed by atoms with E-state index < -0.39 is 6.04 Å². The molecule has 0 aliphatic carbocycles. The van der Waals surface area contributed by atoms with Gasteiger partial charge >= 0.3 is 0 Å². The van der Waals surface area contributed by atoms with Crippen molar-refractivity contribution in [2.75, 3.05) is 13.1 Å². The Bertz CT molecular complexity index is 1360. The van der Waals surface area contributed by atoms with Crippen LogP contribution in [-0.4, -0.2) is 39.7 Å². The molecule has 2 aromatic heterocycles. The Morgan fingerprint density at radius 2 is 1.83 bits per heavy atom. The summed E-state index contributed by atoms with van der Waals surface area (Å²) in [6.07, 6.45) is 1.33. The lowest BCUT2D eigenvalue weighted by Gasteiger charge is -2.26. The molecule has 1 unspecified atom stereocenters. The zero-order chi connectivity index (χ0) is 24.9. The molecule has 0 fully saturated rings. The third kappa shape index (κ3) is 5.46. The maximum Gasteiger partial charge on any atom is 0.276 e. The van der Waals surface area contributed by atoms with Crippen LogP contribution in [0.3, 0.4) is 0 Å². The number of carbonyl (C=O) groups is 1. The van der Waals surface area contributed by atoms with Crippen LogP contribution in [0.5, 0.6) is 0 Å². The van der Waals surface area contributed by atoms with Gasteiger partial charge < -0.3 is 5.32 Å². The van der Waals surface area contributed by atoms with Crippen LogP contribution in [0.4, 0.5) is 0 Å². The molecule has 0 spiro atoms. The third-order valence-electron chi connectivity index (χ3n) is 6.47. The van der Waals surface area contributed by atoms with Gasteiger partial charge in [0.2, 0.25) is 5.91 Å². The second kappa shape index (κ2) is 11.1. The number of nitrogens with zero attached hydrogens (tertiary/aromatic N) is 3. The fourth-order valence-corrected chi connectivity index (χ4v) is 5.64. The summed E-state index contributed by atoms with van der Waals surface area (Å²) in [5.74, 6) is -0.153. The van der Waals surface area contributed by atoms with Gasteiger partial charge in [-0.15, -0.1) is 11.3 Å². The van der Waals surface area contributed by atoms with Crippen LogP contribution in [0.2, 0.25) is 0 Å². The maximum atomic E-state index is 13.4. The minimum absolute atomic E-state index is 0.153. The van der Waals surface area contributed by atoms with Crippen molar-refractivity contribution in [1.82, 2.24) is 20.0 Å². The van der Waals surface area contributed by atoms with Crippen LogP contribution in [0.15, 0.2) is 59.4 Å². The number of carbonyl (C=O) groups excluding carboxylic acids is 1. The van der Waals surface area contributed by atoms with Crippen LogP contribution < -0.4 is 10.9 Å². The van der Waals surface area contributed by atoms with Gasteiger partial charge in [-0.3, -0.25) is 14.5 Å². The van der Waals surface area contributed by atoms with Crippen molar-refractivity contribution in [3.05, 3.63) is 76.2 Å². The first-order chi connectivity index (χ1) is 16.9. The van der Waals surface area contributed by atoms with Gasteiger partial charge in [0.15, 0.2) is 0 Å². The van der Waals surface area contributed by atoms with Crippen molar-refractivity contribution in [2.45, 2.75) is 59.2 Å². The van der Waals surface area contributed by atoms with Crippen molar-refractivity contribution in [2.24, 2.45) is 0 Å². The average Bonchev–Trinajstić information content (AvgIpc) is 3.25. The van der Waals surface area contributed by atoms with Gasteiger partial charge in [-0.1, -0.05) is 55.5 Å². The Morgan fingerprint density at radius 1 is 1.11 bits per heavy atom. The van der Waals surface area contributed by atoms with Crippen LogP contribution in [0.1, 0.15) is 50.9 Å². The molecule has 0 saturated heterocycles. The van der Waals surface area contributed by atoms with Crippen LogP contribution in [-0.2, 0) is 11.3 Å². The molecule has 1 atom stereocenters. The summed E-state index contributed by atoms with van der Waals surface area (Å²) in [7, 11) is 0. The first kappa shape index (κ1) is 25.1. The minimum atomic E-state index is -0.630. The molecule has 2 heterocycles. The number of hydrogen-bond acceptors (Lipinski definition) is 5. The SMILES string of the molecule is CCC(C(=O)NCCCN(Cc1ccccc1)C(C)C)n1nc(C)c2sc3ccccc3c2c1=O. The maximum absolute atomic E-state index is 13.4. The smallest absolute Gasteiger partial charge is 0.276 e. The number of fused-ring (bicyclic) bond motifs is 3.